The van der Waals surface area contributed by atoms with Crippen molar-refractivity contribution in [3.8, 4) is 0 Å². The van der Waals surface area contributed by atoms with Crippen LogP contribution in [-0.2, 0) is 14.3 Å². The summed E-state index contributed by atoms with van der Waals surface area (Å²) in [6.45, 7) is 6.88. The summed E-state index contributed by atoms with van der Waals surface area (Å²) in [5.74, 6) is -0.224. The SMILES string of the molecule is CC(C)(C)OC(=O)NCCCN1CCCC[C@H](OC(N)=O)C1=O. The van der Waals surface area contributed by atoms with E-state index in [1.54, 1.807) is 25.7 Å². The van der Waals surface area contributed by atoms with Gasteiger partial charge in [0.05, 0.1) is 0 Å². The van der Waals surface area contributed by atoms with Crippen LogP contribution in [0.1, 0.15) is 46.5 Å². The molecule has 8 nitrogen and oxygen atoms in total. The zero-order chi connectivity index (χ0) is 17.5. The minimum atomic E-state index is -0.934. The molecular formula is C15H27N3O5. The molecule has 8 heteroatoms. The van der Waals surface area contributed by atoms with Crippen LogP contribution < -0.4 is 11.1 Å². The highest BCUT2D eigenvalue weighted by atomic mass is 16.6. The molecular weight excluding hydrogens is 302 g/mol. The van der Waals surface area contributed by atoms with Crippen LogP contribution in [0.15, 0.2) is 0 Å². The van der Waals surface area contributed by atoms with E-state index < -0.39 is 23.9 Å². The summed E-state index contributed by atoms with van der Waals surface area (Å²) >= 11 is 0. The molecule has 0 aromatic rings. The quantitative estimate of drug-likeness (QED) is 0.740. The number of rotatable bonds is 5. The van der Waals surface area contributed by atoms with Gasteiger partial charge in [0.1, 0.15) is 5.60 Å². The molecule has 0 bridgehead atoms. The Labute approximate surface area is 136 Å². The lowest BCUT2D eigenvalue weighted by Crippen LogP contribution is -2.42. The molecule has 23 heavy (non-hydrogen) atoms. The second-order valence-electron chi connectivity index (χ2n) is 6.53. The van der Waals surface area contributed by atoms with Gasteiger partial charge in [-0.1, -0.05) is 0 Å². The Kier molecular flexibility index (Phi) is 7.12. The van der Waals surface area contributed by atoms with Gasteiger partial charge < -0.3 is 25.4 Å². The lowest BCUT2D eigenvalue weighted by atomic mass is 10.2. The Morgan fingerprint density at radius 2 is 2.04 bits per heavy atom. The fourth-order valence-electron chi connectivity index (χ4n) is 2.32. The van der Waals surface area contributed by atoms with Crippen molar-refractivity contribution in [2.75, 3.05) is 19.6 Å². The standard InChI is InChI=1S/C15H27N3O5/c1-15(2,3)23-14(21)17-8-6-10-18-9-5-4-7-11(12(18)19)22-13(16)20/h11H,4-10H2,1-3H3,(H2,16,20)(H,17,21)/t11-/m0/s1. The van der Waals surface area contributed by atoms with Gasteiger partial charge in [0.25, 0.3) is 5.91 Å². The lowest BCUT2D eigenvalue weighted by Gasteiger charge is -2.24. The third-order valence-electron chi connectivity index (χ3n) is 3.26. The number of carbonyl (C=O) groups excluding carboxylic acids is 3. The van der Waals surface area contributed by atoms with Crippen LogP contribution in [-0.4, -0.2) is 54.3 Å². The zero-order valence-electron chi connectivity index (χ0n) is 14.1. The van der Waals surface area contributed by atoms with E-state index in [4.69, 9.17) is 15.2 Å². The molecule has 3 N–H and O–H groups in total. The van der Waals surface area contributed by atoms with Gasteiger partial charge in [-0.15, -0.1) is 0 Å². The first-order valence-electron chi connectivity index (χ1n) is 7.91. The van der Waals surface area contributed by atoms with E-state index in [1.807, 2.05) is 0 Å². The molecule has 0 saturated carbocycles. The maximum absolute atomic E-state index is 12.3. The molecule has 0 unspecified atom stereocenters. The average Bonchev–Trinajstić information content (AvgIpc) is 2.56. The van der Waals surface area contributed by atoms with E-state index in [1.165, 1.54) is 0 Å². The van der Waals surface area contributed by atoms with Gasteiger partial charge in [-0.2, -0.15) is 0 Å². The van der Waals surface area contributed by atoms with Gasteiger partial charge in [0.2, 0.25) is 0 Å². The first kappa shape index (κ1) is 19.1. The summed E-state index contributed by atoms with van der Waals surface area (Å²) < 4.78 is 10.0. The first-order valence-corrected chi connectivity index (χ1v) is 7.91. The van der Waals surface area contributed by atoms with Crippen LogP contribution >= 0.6 is 0 Å². The van der Waals surface area contributed by atoms with Crippen molar-refractivity contribution in [1.82, 2.24) is 10.2 Å². The zero-order valence-corrected chi connectivity index (χ0v) is 14.1. The summed E-state index contributed by atoms with van der Waals surface area (Å²) in [4.78, 5) is 36.3. The maximum atomic E-state index is 12.3. The predicted molar refractivity (Wildman–Crippen MR) is 83.7 cm³/mol. The largest absolute Gasteiger partial charge is 0.444 e. The van der Waals surface area contributed by atoms with Crippen molar-refractivity contribution in [2.45, 2.75) is 58.2 Å². The van der Waals surface area contributed by atoms with E-state index in [-0.39, 0.29) is 5.91 Å². The highest BCUT2D eigenvalue weighted by Crippen LogP contribution is 2.15. The molecule has 1 saturated heterocycles. The molecule has 1 heterocycles. The Hall–Kier alpha value is -1.99. The summed E-state index contributed by atoms with van der Waals surface area (Å²) in [7, 11) is 0. The van der Waals surface area contributed by atoms with Gasteiger partial charge >= 0.3 is 12.2 Å². The Balaban J connectivity index is 2.36. The van der Waals surface area contributed by atoms with E-state index in [0.717, 1.165) is 12.8 Å². The molecule has 1 aliphatic heterocycles. The van der Waals surface area contributed by atoms with Crippen LogP contribution in [0.3, 0.4) is 0 Å². The number of carbonyl (C=O) groups is 3. The van der Waals surface area contributed by atoms with Crippen LogP contribution in [0, 0.1) is 0 Å². The highest BCUT2D eigenvalue weighted by molar-refractivity contribution is 5.83. The van der Waals surface area contributed by atoms with Crippen molar-refractivity contribution in [2.24, 2.45) is 5.73 Å². The number of hydrogen-bond acceptors (Lipinski definition) is 5. The van der Waals surface area contributed by atoms with Gasteiger partial charge in [-0.25, -0.2) is 9.59 Å². The van der Waals surface area contributed by atoms with Crippen molar-refractivity contribution in [3.05, 3.63) is 0 Å². The Morgan fingerprint density at radius 3 is 2.65 bits per heavy atom. The monoisotopic (exact) mass is 329 g/mol. The topological polar surface area (TPSA) is 111 Å². The van der Waals surface area contributed by atoms with Crippen LogP contribution in [0.25, 0.3) is 0 Å². The van der Waals surface area contributed by atoms with E-state index >= 15 is 0 Å². The number of primary amides is 1. The summed E-state index contributed by atoms with van der Waals surface area (Å²) in [5.41, 5.74) is 4.46. The van der Waals surface area contributed by atoms with Crippen molar-refractivity contribution >= 4 is 18.1 Å². The van der Waals surface area contributed by atoms with Crippen molar-refractivity contribution < 1.29 is 23.9 Å². The van der Waals surface area contributed by atoms with Gasteiger partial charge in [0.15, 0.2) is 6.10 Å². The number of ether oxygens (including phenoxy) is 2. The number of alkyl carbamates (subject to hydrolysis) is 1. The van der Waals surface area contributed by atoms with Crippen molar-refractivity contribution in [3.63, 3.8) is 0 Å². The van der Waals surface area contributed by atoms with Gasteiger partial charge in [0, 0.05) is 19.6 Å². The average molecular weight is 329 g/mol. The summed E-state index contributed by atoms with van der Waals surface area (Å²) in [6, 6.07) is 0. The third-order valence-corrected chi connectivity index (χ3v) is 3.26. The number of nitrogens with zero attached hydrogens (tertiary/aromatic N) is 1. The molecule has 0 spiro atoms. The van der Waals surface area contributed by atoms with E-state index in [0.29, 0.717) is 32.5 Å². The fourth-order valence-corrected chi connectivity index (χ4v) is 2.32. The molecule has 0 aromatic carbocycles. The minimum Gasteiger partial charge on any atom is -0.444 e. The third kappa shape index (κ3) is 7.71. The molecule has 3 amide bonds. The van der Waals surface area contributed by atoms with Gasteiger partial charge in [-0.3, -0.25) is 4.79 Å². The highest BCUT2D eigenvalue weighted by Gasteiger charge is 2.29. The molecule has 132 valence electrons. The van der Waals surface area contributed by atoms with Crippen LogP contribution in [0.4, 0.5) is 9.59 Å². The molecule has 1 fully saturated rings. The smallest absolute Gasteiger partial charge is 0.407 e. The van der Waals surface area contributed by atoms with E-state index in [2.05, 4.69) is 5.32 Å². The second kappa shape index (κ2) is 8.59. The number of likely N-dealkylation sites (tertiary alicyclic amines) is 1. The first-order chi connectivity index (χ1) is 10.7. The minimum absolute atomic E-state index is 0.224. The van der Waals surface area contributed by atoms with Crippen molar-refractivity contribution in [1.29, 1.82) is 0 Å². The lowest BCUT2D eigenvalue weighted by molar-refractivity contribution is -0.139. The van der Waals surface area contributed by atoms with Crippen LogP contribution in [0.5, 0.6) is 0 Å². The molecule has 0 aliphatic carbocycles. The Morgan fingerprint density at radius 1 is 1.35 bits per heavy atom. The number of nitrogens with two attached hydrogens (primary N) is 1. The maximum Gasteiger partial charge on any atom is 0.407 e. The molecule has 1 rings (SSSR count). The normalized spacial score (nSPS) is 19.0. The number of nitrogens with one attached hydrogen (secondary N) is 1. The van der Waals surface area contributed by atoms with Crippen LogP contribution in [0.2, 0.25) is 0 Å². The predicted octanol–water partition coefficient (Wildman–Crippen LogP) is 1.38. The Bertz CT molecular complexity index is 433. The summed E-state index contributed by atoms with van der Waals surface area (Å²) in [5, 5.41) is 2.65. The second-order valence-corrected chi connectivity index (χ2v) is 6.53. The fraction of sp³-hybridized carbons (Fsp3) is 0.800. The molecule has 0 radical (unpaired) electrons. The summed E-state index contributed by atoms with van der Waals surface area (Å²) in [6.07, 6.45) is 0.531. The van der Waals surface area contributed by atoms with E-state index in [9.17, 15) is 14.4 Å². The molecule has 0 aromatic heterocycles. The number of hydrogen-bond donors (Lipinski definition) is 2. The molecule has 1 atom stereocenters. The molecule has 1 aliphatic rings. The number of amides is 3. The van der Waals surface area contributed by atoms with Gasteiger partial charge in [-0.05, 0) is 46.5 Å².